The van der Waals surface area contributed by atoms with E-state index in [2.05, 4.69) is 5.32 Å². The van der Waals surface area contributed by atoms with Crippen molar-refractivity contribution in [3.63, 3.8) is 0 Å². The first-order valence-corrected chi connectivity index (χ1v) is 11.4. The summed E-state index contributed by atoms with van der Waals surface area (Å²) in [5, 5.41) is 3.14. The maximum atomic E-state index is 14.1. The number of ether oxygens (including phenoxy) is 1. The minimum Gasteiger partial charge on any atom is -0.496 e. The van der Waals surface area contributed by atoms with Crippen molar-refractivity contribution in [2.24, 2.45) is 0 Å². The van der Waals surface area contributed by atoms with Crippen molar-refractivity contribution in [3.8, 4) is 5.75 Å². The molecule has 0 aromatic heterocycles. The molecule has 3 aromatic carbocycles. The Balaban J connectivity index is 2.01. The molecule has 0 radical (unpaired) electrons. The van der Waals surface area contributed by atoms with Crippen molar-refractivity contribution in [1.82, 2.24) is 0 Å². The maximum absolute atomic E-state index is 14.1. The third-order valence-corrected chi connectivity index (χ3v) is 7.02. The van der Waals surface area contributed by atoms with Crippen LogP contribution in [-0.4, -0.2) is 21.9 Å². The van der Waals surface area contributed by atoms with E-state index in [4.69, 9.17) is 16.3 Å². The molecule has 0 aliphatic rings. The topological polar surface area (TPSA) is 75.7 Å². The molecule has 0 bridgehead atoms. The average Bonchev–Trinajstić information content (AvgIpc) is 2.74. The number of anilines is 2. The van der Waals surface area contributed by atoms with Crippen LogP contribution in [0.3, 0.4) is 0 Å². The van der Waals surface area contributed by atoms with Crippen LogP contribution in [0.4, 0.5) is 15.8 Å². The van der Waals surface area contributed by atoms with Gasteiger partial charge in [-0.05, 0) is 61.4 Å². The number of benzene rings is 3. The number of rotatable bonds is 8. The third kappa shape index (κ3) is 4.56. The first kappa shape index (κ1) is 23.6. The summed E-state index contributed by atoms with van der Waals surface area (Å²) in [7, 11) is -2.76. The van der Waals surface area contributed by atoms with Crippen molar-refractivity contribution in [3.05, 3.63) is 82.1 Å². The molecule has 0 atom stereocenters. The molecule has 0 heterocycles. The van der Waals surface area contributed by atoms with E-state index in [1.54, 1.807) is 44.2 Å². The first-order valence-electron chi connectivity index (χ1n) is 9.61. The summed E-state index contributed by atoms with van der Waals surface area (Å²) in [4.78, 5) is 11.8. The molecule has 0 saturated heterocycles. The lowest BCUT2D eigenvalue weighted by atomic mass is 10.1. The third-order valence-electron chi connectivity index (χ3n) is 4.94. The Morgan fingerprint density at radius 2 is 1.75 bits per heavy atom. The van der Waals surface area contributed by atoms with Crippen molar-refractivity contribution < 1.29 is 22.3 Å². The van der Waals surface area contributed by atoms with Crippen molar-refractivity contribution in [2.45, 2.75) is 25.3 Å². The molecule has 0 fully saturated rings. The number of hydrogen-bond acceptors (Lipinski definition) is 5. The standard InChI is InChI=1S/C23H22ClFN2O4S/c1-15-11-17(12-16(2)23(15)31-3)27(14-28)32(29,30)22-10-5-4-9-21(22)26-13-18-19(24)7-6-8-20(18)25/h4-12,14,26H,13H2,1-3H3. The van der Waals surface area contributed by atoms with E-state index >= 15 is 0 Å². The van der Waals surface area contributed by atoms with Gasteiger partial charge < -0.3 is 10.1 Å². The smallest absolute Gasteiger partial charge is 0.272 e. The summed E-state index contributed by atoms with van der Waals surface area (Å²) in [6.07, 6.45) is 0.251. The van der Waals surface area contributed by atoms with E-state index in [1.807, 2.05) is 0 Å². The lowest BCUT2D eigenvalue weighted by molar-refractivity contribution is -0.106. The van der Waals surface area contributed by atoms with Crippen LogP contribution in [0.2, 0.25) is 5.02 Å². The zero-order valence-corrected chi connectivity index (χ0v) is 19.3. The summed E-state index contributed by atoms with van der Waals surface area (Å²) in [6.45, 7) is 3.48. The molecule has 0 saturated carbocycles. The Labute approximate surface area is 191 Å². The number of nitrogens with one attached hydrogen (secondary N) is 1. The molecule has 0 aliphatic carbocycles. The van der Waals surface area contributed by atoms with Gasteiger partial charge in [0.25, 0.3) is 10.0 Å². The van der Waals surface area contributed by atoms with Crippen LogP contribution in [0.5, 0.6) is 5.75 Å². The molecule has 168 valence electrons. The number of hydrogen-bond donors (Lipinski definition) is 1. The fourth-order valence-corrected chi connectivity index (χ4v) is 5.07. The van der Waals surface area contributed by atoms with Gasteiger partial charge in [0.1, 0.15) is 16.5 Å². The molecular weight excluding hydrogens is 455 g/mol. The highest BCUT2D eigenvalue weighted by Gasteiger charge is 2.28. The van der Waals surface area contributed by atoms with Gasteiger partial charge in [-0.1, -0.05) is 29.8 Å². The summed E-state index contributed by atoms with van der Waals surface area (Å²) in [6, 6.07) is 13.5. The lowest BCUT2D eigenvalue weighted by Gasteiger charge is -2.22. The van der Waals surface area contributed by atoms with Crippen LogP contribution in [0.1, 0.15) is 16.7 Å². The number of carbonyl (C=O) groups excluding carboxylic acids is 1. The number of halogens is 2. The van der Waals surface area contributed by atoms with Gasteiger partial charge in [-0.15, -0.1) is 0 Å². The number of nitrogens with zero attached hydrogens (tertiary/aromatic N) is 1. The van der Waals surface area contributed by atoms with Crippen LogP contribution >= 0.6 is 11.6 Å². The molecule has 32 heavy (non-hydrogen) atoms. The minimum atomic E-state index is -4.28. The van der Waals surface area contributed by atoms with Crippen LogP contribution in [0.25, 0.3) is 0 Å². The van der Waals surface area contributed by atoms with E-state index < -0.39 is 15.8 Å². The monoisotopic (exact) mass is 476 g/mol. The van der Waals surface area contributed by atoms with E-state index in [1.165, 1.54) is 31.4 Å². The van der Waals surface area contributed by atoms with Gasteiger partial charge in [-0.25, -0.2) is 17.1 Å². The number of sulfonamides is 1. The normalized spacial score (nSPS) is 11.2. The van der Waals surface area contributed by atoms with Crippen molar-refractivity contribution >= 4 is 39.4 Å². The van der Waals surface area contributed by atoms with E-state index in [0.717, 1.165) is 0 Å². The second-order valence-corrected chi connectivity index (χ2v) is 9.26. The number of para-hydroxylation sites is 1. The fourth-order valence-electron chi connectivity index (χ4n) is 3.46. The first-order chi connectivity index (χ1) is 15.2. The van der Waals surface area contributed by atoms with Crippen LogP contribution < -0.4 is 14.4 Å². The van der Waals surface area contributed by atoms with Gasteiger partial charge >= 0.3 is 0 Å². The van der Waals surface area contributed by atoms with Crippen molar-refractivity contribution in [2.75, 3.05) is 16.7 Å². The SMILES string of the molecule is COc1c(C)cc(N(C=O)S(=O)(=O)c2ccccc2NCc2c(F)cccc2Cl)cc1C. The second-order valence-electron chi connectivity index (χ2n) is 7.07. The van der Waals surface area contributed by atoms with Crippen LogP contribution in [-0.2, 0) is 21.4 Å². The van der Waals surface area contributed by atoms with E-state index in [0.29, 0.717) is 21.2 Å². The minimum absolute atomic E-state index is 0.0418. The molecule has 3 rings (SSSR count). The number of amides is 1. The summed E-state index contributed by atoms with van der Waals surface area (Å²) < 4.78 is 47.0. The van der Waals surface area contributed by atoms with E-state index in [9.17, 15) is 17.6 Å². The van der Waals surface area contributed by atoms with Gasteiger partial charge in [-0.3, -0.25) is 4.79 Å². The zero-order chi connectivity index (χ0) is 23.5. The predicted octanol–water partition coefficient (Wildman–Crippen LogP) is 5.07. The van der Waals surface area contributed by atoms with Gasteiger partial charge in [0.2, 0.25) is 6.41 Å². The molecular formula is C23H22ClFN2O4S. The Morgan fingerprint density at radius 3 is 2.34 bits per heavy atom. The van der Waals surface area contributed by atoms with E-state index in [-0.39, 0.29) is 39.8 Å². The average molecular weight is 477 g/mol. The maximum Gasteiger partial charge on any atom is 0.272 e. The molecule has 0 unspecified atom stereocenters. The highest BCUT2D eigenvalue weighted by atomic mass is 35.5. The molecule has 0 spiro atoms. The molecule has 1 N–H and O–H groups in total. The van der Waals surface area contributed by atoms with Gasteiger partial charge in [0, 0.05) is 17.1 Å². The van der Waals surface area contributed by atoms with Gasteiger partial charge in [-0.2, -0.15) is 0 Å². The van der Waals surface area contributed by atoms with Crippen LogP contribution in [0, 0.1) is 19.7 Å². The largest absolute Gasteiger partial charge is 0.496 e. The Bertz CT molecular complexity index is 1220. The van der Waals surface area contributed by atoms with Crippen molar-refractivity contribution in [1.29, 1.82) is 0 Å². The molecule has 1 amide bonds. The number of methoxy groups -OCH3 is 1. The second kappa shape index (κ2) is 9.58. The lowest BCUT2D eigenvalue weighted by Crippen LogP contribution is -2.30. The highest BCUT2D eigenvalue weighted by molar-refractivity contribution is 7.93. The predicted molar refractivity (Wildman–Crippen MR) is 123 cm³/mol. The Morgan fingerprint density at radius 1 is 1.09 bits per heavy atom. The van der Waals surface area contributed by atoms with Crippen LogP contribution in [0.15, 0.2) is 59.5 Å². The van der Waals surface area contributed by atoms with Gasteiger partial charge in [0.15, 0.2) is 0 Å². The number of carbonyl (C=O) groups is 1. The Hall–Kier alpha value is -3.10. The number of aryl methyl sites for hydroxylation is 2. The highest BCUT2D eigenvalue weighted by Crippen LogP contribution is 2.33. The summed E-state index contributed by atoms with van der Waals surface area (Å²) >= 11 is 6.07. The summed E-state index contributed by atoms with van der Waals surface area (Å²) in [5.74, 6) is 0.102. The quantitative estimate of drug-likeness (QED) is 0.459. The fraction of sp³-hybridized carbons (Fsp3) is 0.174. The molecule has 6 nitrogen and oxygen atoms in total. The molecule has 0 aliphatic heterocycles. The van der Waals surface area contributed by atoms with Gasteiger partial charge in [0.05, 0.1) is 18.5 Å². The summed E-state index contributed by atoms with van der Waals surface area (Å²) in [5.41, 5.74) is 1.97. The Kier molecular flexibility index (Phi) is 7.06. The zero-order valence-electron chi connectivity index (χ0n) is 17.7. The molecule has 9 heteroatoms. The molecule has 3 aromatic rings.